The molecular formula is C18H23BrNO+. The predicted molar refractivity (Wildman–Crippen MR) is 91.2 cm³/mol. The molecule has 21 heavy (non-hydrogen) atoms. The molecule has 2 aromatic carbocycles. The molecule has 3 rings (SSSR count). The van der Waals surface area contributed by atoms with E-state index in [-0.39, 0.29) is 0 Å². The summed E-state index contributed by atoms with van der Waals surface area (Å²) in [5.41, 5.74) is 0. The second-order valence-corrected chi connectivity index (χ2v) is 6.65. The highest BCUT2D eigenvalue weighted by Gasteiger charge is 2.14. The lowest BCUT2D eigenvalue weighted by Crippen LogP contribution is -3.09. The number of halogens is 1. The van der Waals surface area contributed by atoms with Crippen LogP contribution in [0.2, 0.25) is 0 Å². The van der Waals surface area contributed by atoms with Crippen LogP contribution in [0.1, 0.15) is 25.7 Å². The van der Waals surface area contributed by atoms with Gasteiger partial charge in [0.25, 0.3) is 0 Å². The van der Waals surface area contributed by atoms with Gasteiger partial charge in [-0.1, -0.05) is 30.3 Å². The number of ether oxygens (including phenoxy) is 1. The third-order valence-electron chi connectivity index (χ3n) is 4.32. The van der Waals surface area contributed by atoms with Gasteiger partial charge in [0.15, 0.2) is 0 Å². The van der Waals surface area contributed by atoms with Gasteiger partial charge in [-0.15, -0.1) is 0 Å². The molecule has 112 valence electrons. The van der Waals surface area contributed by atoms with E-state index in [0.717, 1.165) is 23.2 Å². The van der Waals surface area contributed by atoms with Gasteiger partial charge in [-0.25, -0.2) is 0 Å². The van der Waals surface area contributed by atoms with Crippen molar-refractivity contribution in [3.8, 4) is 5.75 Å². The molecule has 0 aromatic heterocycles. The molecule has 0 amide bonds. The molecule has 1 aliphatic heterocycles. The van der Waals surface area contributed by atoms with E-state index in [4.69, 9.17) is 4.74 Å². The summed E-state index contributed by atoms with van der Waals surface area (Å²) < 4.78 is 7.03. The summed E-state index contributed by atoms with van der Waals surface area (Å²) in [4.78, 5) is 1.78. The topological polar surface area (TPSA) is 13.7 Å². The maximum atomic E-state index is 5.95. The summed E-state index contributed by atoms with van der Waals surface area (Å²) in [5, 5.41) is 2.46. The fourth-order valence-electron chi connectivity index (χ4n) is 3.11. The largest absolute Gasteiger partial charge is 0.492 e. The van der Waals surface area contributed by atoms with E-state index in [0.29, 0.717) is 0 Å². The number of unbranched alkanes of at least 4 members (excludes halogenated alkanes) is 1. The van der Waals surface area contributed by atoms with E-state index in [2.05, 4.69) is 52.3 Å². The van der Waals surface area contributed by atoms with Crippen LogP contribution < -0.4 is 9.64 Å². The minimum atomic E-state index is 0.810. The molecule has 1 fully saturated rings. The van der Waals surface area contributed by atoms with Gasteiger partial charge in [0.2, 0.25) is 0 Å². The molecule has 0 aliphatic carbocycles. The molecule has 1 aliphatic rings. The van der Waals surface area contributed by atoms with E-state index >= 15 is 0 Å². The summed E-state index contributed by atoms with van der Waals surface area (Å²) >= 11 is 3.68. The summed E-state index contributed by atoms with van der Waals surface area (Å²) in [7, 11) is 0. The molecule has 3 heteroatoms. The molecule has 1 heterocycles. The number of likely N-dealkylation sites (tertiary alicyclic amines) is 1. The smallest absolute Gasteiger partial charge is 0.134 e. The molecule has 0 saturated carbocycles. The number of benzene rings is 2. The Morgan fingerprint density at radius 3 is 2.67 bits per heavy atom. The first-order valence-electron chi connectivity index (χ1n) is 7.98. The van der Waals surface area contributed by atoms with E-state index in [1.807, 2.05) is 0 Å². The van der Waals surface area contributed by atoms with Crippen molar-refractivity contribution in [1.82, 2.24) is 0 Å². The average molecular weight is 349 g/mol. The van der Waals surface area contributed by atoms with E-state index in [1.54, 1.807) is 4.90 Å². The Labute approximate surface area is 135 Å². The zero-order valence-electron chi connectivity index (χ0n) is 12.4. The highest BCUT2D eigenvalue weighted by molar-refractivity contribution is 9.10. The molecule has 2 nitrogen and oxygen atoms in total. The third kappa shape index (κ3) is 3.78. The van der Waals surface area contributed by atoms with Gasteiger partial charge in [0, 0.05) is 12.8 Å². The quantitative estimate of drug-likeness (QED) is 0.789. The van der Waals surface area contributed by atoms with Gasteiger partial charge in [-0.05, 0) is 45.6 Å². The van der Waals surface area contributed by atoms with Crippen molar-refractivity contribution < 1.29 is 9.64 Å². The Kier molecular flexibility index (Phi) is 5.15. The van der Waals surface area contributed by atoms with Gasteiger partial charge in [0.1, 0.15) is 5.75 Å². The van der Waals surface area contributed by atoms with Crippen LogP contribution in [0.5, 0.6) is 5.75 Å². The average Bonchev–Trinajstić information content (AvgIpc) is 3.03. The minimum Gasteiger partial charge on any atom is -0.492 e. The van der Waals surface area contributed by atoms with Crippen LogP contribution in [0.3, 0.4) is 0 Å². The normalized spacial score (nSPS) is 15.7. The molecule has 0 unspecified atom stereocenters. The Balaban J connectivity index is 1.49. The molecule has 0 radical (unpaired) electrons. The molecule has 0 spiro atoms. The monoisotopic (exact) mass is 348 g/mol. The van der Waals surface area contributed by atoms with E-state index < -0.39 is 0 Å². The van der Waals surface area contributed by atoms with Gasteiger partial charge in [0.05, 0.1) is 30.7 Å². The number of rotatable bonds is 6. The SMILES string of the molecule is Brc1c(OCCCC[NH+]2CCCC2)ccc2ccccc12. The molecule has 1 N–H and O–H groups in total. The number of hydrogen-bond donors (Lipinski definition) is 1. The standard InChI is InChI=1S/C18H22BrNO/c19-18-16-8-2-1-7-15(16)9-10-17(18)21-14-6-5-13-20-11-3-4-12-20/h1-2,7-10H,3-6,11-14H2/p+1. The second-order valence-electron chi connectivity index (χ2n) is 5.86. The lowest BCUT2D eigenvalue weighted by molar-refractivity contribution is -0.887. The van der Waals surface area contributed by atoms with Crippen LogP contribution in [0.4, 0.5) is 0 Å². The first kappa shape index (κ1) is 14.9. The van der Waals surface area contributed by atoms with Crippen LogP contribution in [-0.4, -0.2) is 26.2 Å². The van der Waals surface area contributed by atoms with Crippen molar-refractivity contribution in [2.75, 3.05) is 26.2 Å². The maximum Gasteiger partial charge on any atom is 0.134 e. The van der Waals surface area contributed by atoms with Crippen molar-refractivity contribution in [2.24, 2.45) is 0 Å². The number of hydrogen-bond acceptors (Lipinski definition) is 1. The Hall–Kier alpha value is -1.06. The van der Waals surface area contributed by atoms with Gasteiger partial charge < -0.3 is 9.64 Å². The minimum absolute atomic E-state index is 0.810. The Morgan fingerprint density at radius 1 is 1.00 bits per heavy atom. The van der Waals surface area contributed by atoms with Crippen molar-refractivity contribution >= 4 is 26.7 Å². The Morgan fingerprint density at radius 2 is 1.81 bits per heavy atom. The predicted octanol–water partition coefficient (Wildman–Crippen LogP) is 3.44. The number of nitrogens with one attached hydrogen (secondary N) is 1. The molecular weight excluding hydrogens is 326 g/mol. The van der Waals surface area contributed by atoms with Gasteiger partial charge in [-0.3, -0.25) is 0 Å². The van der Waals surface area contributed by atoms with Crippen LogP contribution in [0.25, 0.3) is 10.8 Å². The van der Waals surface area contributed by atoms with Crippen LogP contribution in [0, 0.1) is 0 Å². The van der Waals surface area contributed by atoms with Crippen LogP contribution in [0.15, 0.2) is 40.9 Å². The van der Waals surface area contributed by atoms with Crippen molar-refractivity contribution in [3.63, 3.8) is 0 Å². The number of fused-ring (bicyclic) bond motifs is 1. The fourth-order valence-corrected chi connectivity index (χ4v) is 3.72. The molecule has 0 atom stereocenters. The summed E-state index contributed by atoms with van der Waals surface area (Å²) in [6.45, 7) is 4.86. The maximum absolute atomic E-state index is 5.95. The van der Waals surface area contributed by atoms with Gasteiger partial charge in [-0.2, -0.15) is 0 Å². The zero-order chi connectivity index (χ0) is 14.5. The Bertz CT molecular complexity index is 593. The first-order valence-corrected chi connectivity index (χ1v) is 8.77. The van der Waals surface area contributed by atoms with Crippen LogP contribution in [-0.2, 0) is 0 Å². The molecule has 1 saturated heterocycles. The molecule has 0 bridgehead atoms. The highest BCUT2D eigenvalue weighted by Crippen LogP contribution is 2.33. The van der Waals surface area contributed by atoms with E-state index in [9.17, 15) is 0 Å². The third-order valence-corrected chi connectivity index (χ3v) is 5.14. The zero-order valence-corrected chi connectivity index (χ0v) is 14.0. The van der Waals surface area contributed by atoms with Crippen LogP contribution >= 0.6 is 15.9 Å². The first-order chi connectivity index (χ1) is 10.3. The van der Waals surface area contributed by atoms with Gasteiger partial charge >= 0.3 is 0 Å². The lowest BCUT2D eigenvalue weighted by atomic mass is 10.1. The summed E-state index contributed by atoms with van der Waals surface area (Å²) in [5.74, 6) is 0.960. The number of quaternary nitrogens is 1. The second kappa shape index (κ2) is 7.28. The van der Waals surface area contributed by atoms with Crippen molar-refractivity contribution in [1.29, 1.82) is 0 Å². The highest BCUT2D eigenvalue weighted by atomic mass is 79.9. The van der Waals surface area contributed by atoms with Crippen molar-refractivity contribution in [3.05, 3.63) is 40.9 Å². The molecule has 2 aromatic rings. The van der Waals surface area contributed by atoms with E-state index in [1.165, 1.54) is 49.7 Å². The lowest BCUT2D eigenvalue weighted by Gasteiger charge is -2.13. The van der Waals surface area contributed by atoms with Crippen molar-refractivity contribution in [2.45, 2.75) is 25.7 Å². The fraction of sp³-hybridized carbons (Fsp3) is 0.444. The summed E-state index contributed by atoms with van der Waals surface area (Å²) in [6.07, 6.45) is 5.23. The summed E-state index contributed by atoms with van der Waals surface area (Å²) in [6, 6.07) is 12.6.